The lowest BCUT2D eigenvalue weighted by Crippen LogP contribution is -2.32. The Hall–Kier alpha value is -0.180. The maximum absolute atomic E-state index is 11.8. The van der Waals surface area contributed by atoms with Crippen molar-refractivity contribution in [2.24, 2.45) is 5.73 Å². The van der Waals surface area contributed by atoms with Crippen LogP contribution in [0.5, 0.6) is 0 Å². The summed E-state index contributed by atoms with van der Waals surface area (Å²) in [6.07, 6.45) is 4.49. The van der Waals surface area contributed by atoms with Gasteiger partial charge in [-0.3, -0.25) is 4.79 Å². The van der Waals surface area contributed by atoms with Crippen LogP contribution in [0, 0.1) is 2.88 Å². The Labute approximate surface area is 131 Å². The fraction of sp³-hybridized carbons (Fsp3) is 0.615. The zero-order valence-electron chi connectivity index (χ0n) is 10.7. The number of carbonyl (C=O) groups is 1. The third-order valence-electron chi connectivity index (χ3n) is 3.29. The van der Waals surface area contributed by atoms with E-state index in [1.165, 1.54) is 0 Å². The van der Waals surface area contributed by atoms with Crippen LogP contribution < -0.4 is 11.1 Å². The zero-order chi connectivity index (χ0) is 13.7. The standard InChI is InChI=1S/C13H19IN2O2S/c14-12-7-9(8-19-12)13(17)16-5-6-18-11-3-1-10(15)2-4-11/h7-8,10-11H,1-6,15H2,(H,16,17). The minimum Gasteiger partial charge on any atom is -0.376 e. The lowest BCUT2D eigenvalue weighted by atomic mass is 9.94. The van der Waals surface area contributed by atoms with Gasteiger partial charge in [0.1, 0.15) is 0 Å². The van der Waals surface area contributed by atoms with Gasteiger partial charge in [0, 0.05) is 18.0 Å². The molecular weight excluding hydrogens is 375 g/mol. The maximum Gasteiger partial charge on any atom is 0.252 e. The summed E-state index contributed by atoms with van der Waals surface area (Å²) in [7, 11) is 0. The van der Waals surface area contributed by atoms with Gasteiger partial charge in [0.25, 0.3) is 5.91 Å². The smallest absolute Gasteiger partial charge is 0.252 e. The van der Waals surface area contributed by atoms with Crippen LogP contribution in [0.15, 0.2) is 11.4 Å². The van der Waals surface area contributed by atoms with E-state index >= 15 is 0 Å². The lowest BCUT2D eigenvalue weighted by molar-refractivity contribution is 0.0268. The number of ether oxygens (including phenoxy) is 1. The van der Waals surface area contributed by atoms with Gasteiger partial charge in [-0.1, -0.05) is 0 Å². The molecule has 0 bridgehead atoms. The predicted molar refractivity (Wildman–Crippen MR) is 85.6 cm³/mol. The molecular formula is C13H19IN2O2S. The second-order valence-electron chi connectivity index (χ2n) is 4.80. The van der Waals surface area contributed by atoms with Gasteiger partial charge in [-0.2, -0.15) is 0 Å². The van der Waals surface area contributed by atoms with Gasteiger partial charge in [-0.05, 0) is 54.3 Å². The summed E-state index contributed by atoms with van der Waals surface area (Å²) in [6.45, 7) is 1.14. The van der Waals surface area contributed by atoms with E-state index in [0.717, 1.165) is 34.1 Å². The minimum absolute atomic E-state index is 0.0200. The van der Waals surface area contributed by atoms with Gasteiger partial charge in [0.2, 0.25) is 0 Å². The summed E-state index contributed by atoms with van der Waals surface area (Å²) < 4.78 is 6.88. The number of halogens is 1. The summed E-state index contributed by atoms with van der Waals surface area (Å²) in [5, 5.41) is 4.75. The molecule has 4 nitrogen and oxygen atoms in total. The van der Waals surface area contributed by atoms with E-state index in [4.69, 9.17) is 10.5 Å². The van der Waals surface area contributed by atoms with Crippen LogP contribution >= 0.6 is 33.9 Å². The molecule has 1 aromatic rings. The fourth-order valence-electron chi connectivity index (χ4n) is 2.18. The van der Waals surface area contributed by atoms with Gasteiger partial charge in [0.15, 0.2) is 0 Å². The number of hydrogen-bond donors (Lipinski definition) is 2. The maximum atomic E-state index is 11.8. The van der Waals surface area contributed by atoms with Crippen molar-refractivity contribution in [1.29, 1.82) is 0 Å². The highest BCUT2D eigenvalue weighted by atomic mass is 127. The van der Waals surface area contributed by atoms with Crippen molar-refractivity contribution in [1.82, 2.24) is 5.32 Å². The molecule has 0 atom stereocenters. The molecule has 2 rings (SSSR count). The van der Waals surface area contributed by atoms with Crippen molar-refractivity contribution in [2.75, 3.05) is 13.2 Å². The Morgan fingerprint density at radius 1 is 1.47 bits per heavy atom. The number of carbonyl (C=O) groups excluding carboxylic acids is 1. The largest absolute Gasteiger partial charge is 0.376 e. The molecule has 0 aliphatic heterocycles. The molecule has 19 heavy (non-hydrogen) atoms. The van der Waals surface area contributed by atoms with Crippen molar-refractivity contribution < 1.29 is 9.53 Å². The Morgan fingerprint density at radius 3 is 2.84 bits per heavy atom. The Balaban J connectivity index is 1.60. The number of nitrogens with one attached hydrogen (secondary N) is 1. The molecule has 106 valence electrons. The molecule has 1 fully saturated rings. The van der Waals surface area contributed by atoms with Crippen molar-refractivity contribution in [2.45, 2.75) is 37.8 Å². The highest BCUT2D eigenvalue weighted by molar-refractivity contribution is 14.1. The van der Waals surface area contributed by atoms with Crippen molar-refractivity contribution in [3.8, 4) is 0 Å². The van der Waals surface area contributed by atoms with Crippen molar-refractivity contribution in [3.63, 3.8) is 0 Å². The molecule has 1 amide bonds. The molecule has 1 aromatic heterocycles. The molecule has 1 aliphatic rings. The number of amides is 1. The SMILES string of the molecule is NC1CCC(OCCNC(=O)c2csc(I)c2)CC1. The summed E-state index contributed by atoms with van der Waals surface area (Å²) in [5.41, 5.74) is 6.58. The lowest BCUT2D eigenvalue weighted by Gasteiger charge is -2.26. The number of nitrogens with two attached hydrogens (primary N) is 1. The van der Waals surface area contributed by atoms with E-state index in [0.29, 0.717) is 25.3 Å². The van der Waals surface area contributed by atoms with Crippen LogP contribution in [0.4, 0.5) is 0 Å². The van der Waals surface area contributed by atoms with Crippen molar-refractivity contribution in [3.05, 3.63) is 19.9 Å². The van der Waals surface area contributed by atoms with Gasteiger partial charge in [0.05, 0.1) is 21.2 Å². The second kappa shape index (κ2) is 7.56. The molecule has 0 unspecified atom stereocenters. The highest BCUT2D eigenvalue weighted by Crippen LogP contribution is 2.19. The normalized spacial score (nSPS) is 23.3. The van der Waals surface area contributed by atoms with E-state index in [1.807, 2.05) is 11.4 Å². The van der Waals surface area contributed by atoms with Crippen LogP contribution in [-0.2, 0) is 4.74 Å². The minimum atomic E-state index is -0.0200. The zero-order valence-corrected chi connectivity index (χ0v) is 13.7. The molecule has 0 aromatic carbocycles. The average Bonchev–Trinajstić information content (AvgIpc) is 2.83. The van der Waals surface area contributed by atoms with Crippen LogP contribution in [0.3, 0.4) is 0 Å². The summed E-state index contributed by atoms with van der Waals surface area (Å²) in [4.78, 5) is 11.8. The monoisotopic (exact) mass is 394 g/mol. The summed E-state index contributed by atoms with van der Waals surface area (Å²) in [6, 6.07) is 2.24. The molecule has 0 spiro atoms. The summed E-state index contributed by atoms with van der Waals surface area (Å²) >= 11 is 3.79. The van der Waals surface area contributed by atoms with E-state index in [2.05, 4.69) is 27.9 Å². The Kier molecular flexibility index (Phi) is 6.06. The molecule has 1 heterocycles. The fourth-order valence-corrected chi connectivity index (χ4v) is 3.50. The third kappa shape index (κ3) is 5.02. The highest BCUT2D eigenvalue weighted by Gasteiger charge is 2.18. The molecule has 1 saturated carbocycles. The summed E-state index contributed by atoms with van der Waals surface area (Å²) in [5.74, 6) is -0.0200. The molecule has 0 radical (unpaired) electrons. The third-order valence-corrected chi connectivity index (χ3v) is 5.08. The average molecular weight is 394 g/mol. The topological polar surface area (TPSA) is 64.3 Å². The van der Waals surface area contributed by atoms with Gasteiger partial charge >= 0.3 is 0 Å². The first-order chi connectivity index (χ1) is 9.15. The van der Waals surface area contributed by atoms with Gasteiger partial charge < -0.3 is 15.8 Å². The van der Waals surface area contributed by atoms with Crippen LogP contribution in [-0.4, -0.2) is 31.2 Å². The second-order valence-corrected chi connectivity index (χ2v) is 7.61. The van der Waals surface area contributed by atoms with E-state index < -0.39 is 0 Å². The number of hydrogen-bond acceptors (Lipinski definition) is 4. The van der Waals surface area contributed by atoms with Crippen LogP contribution in [0.25, 0.3) is 0 Å². The van der Waals surface area contributed by atoms with Gasteiger partial charge in [-0.15, -0.1) is 11.3 Å². The van der Waals surface area contributed by atoms with E-state index in [-0.39, 0.29) is 5.91 Å². The molecule has 0 saturated heterocycles. The Morgan fingerprint density at radius 2 is 2.21 bits per heavy atom. The van der Waals surface area contributed by atoms with Crippen molar-refractivity contribution >= 4 is 39.8 Å². The Bertz CT molecular complexity index is 417. The molecule has 1 aliphatic carbocycles. The van der Waals surface area contributed by atoms with Crippen LogP contribution in [0.1, 0.15) is 36.0 Å². The van der Waals surface area contributed by atoms with Crippen LogP contribution in [0.2, 0.25) is 0 Å². The quantitative estimate of drug-likeness (QED) is 0.596. The molecule has 6 heteroatoms. The first-order valence-corrected chi connectivity index (χ1v) is 8.50. The number of rotatable bonds is 5. The number of thiophene rings is 1. The first-order valence-electron chi connectivity index (χ1n) is 6.54. The van der Waals surface area contributed by atoms with E-state index in [1.54, 1.807) is 11.3 Å². The molecule has 3 N–H and O–H groups in total. The van der Waals surface area contributed by atoms with Gasteiger partial charge in [-0.25, -0.2) is 0 Å². The predicted octanol–water partition coefficient (Wildman–Crippen LogP) is 2.37. The first kappa shape index (κ1) is 15.2. The van der Waals surface area contributed by atoms with E-state index in [9.17, 15) is 4.79 Å².